The van der Waals surface area contributed by atoms with Crippen LogP contribution in [0, 0.1) is 0 Å². The average Bonchev–Trinajstić information content (AvgIpc) is 2.63. The van der Waals surface area contributed by atoms with Crippen molar-refractivity contribution in [3.05, 3.63) is 89.0 Å². The summed E-state index contributed by atoms with van der Waals surface area (Å²) in [6, 6.07) is 20.3. The second kappa shape index (κ2) is 4.59. The number of fused-ring (bicyclic) bond motifs is 5. The van der Waals surface area contributed by atoms with Gasteiger partial charge in [-0.15, -0.1) is 0 Å². The highest BCUT2D eigenvalue weighted by atomic mass is 16.1. The summed E-state index contributed by atoms with van der Waals surface area (Å²) < 4.78 is 0. The van der Waals surface area contributed by atoms with Gasteiger partial charge in [0.15, 0.2) is 11.6 Å². The summed E-state index contributed by atoms with van der Waals surface area (Å²) in [5.74, 6) is -0.210. The number of rotatable bonds is 0. The first-order valence-corrected chi connectivity index (χ1v) is 7.75. The van der Waals surface area contributed by atoms with E-state index in [1.54, 1.807) is 30.3 Å². The lowest BCUT2D eigenvalue weighted by Crippen LogP contribution is -2.21. The smallest absolute Gasteiger partial charge is 0.195 e. The van der Waals surface area contributed by atoms with Crippen molar-refractivity contribution in [3.63, 3.8) is 0 Å². The largest absolute Gasteiger partial charge is 0.289 e. The number of pyridine rings is 1. The van der Waals surface area contributed by atoms with Crippen LogP contribution in [0.15, 0.2) is 66.7 Å². The Labute approximate surface area is 137 Å². The van der Waals surface area contributed by atoms with E-state index in [2.05, 4.69) is 4.98 Å². The van der Waals surface area contributed by atoms with Crippen molar-refractivity contribution < 1.29 is 9.59 Å². The van der Waals surface area contributed by atoms with Crippen molar-refractivity contribution >= 4 is 33.4 Å². The zero-order valence-corrected chi connectivity index (χ0v) is 12.6. The van der Waals surface area contributed by atoms with Gasteiger partial charge in [-0.25, -0.2) is 4.98 Å². The molecule has 3 heteroatoms. The molecule has 0 N–H and O–H groups in total. The van der Waals surface area contributed by atoms with E-state index in [9.17, 15) is 9.59 Å². The highest BCUT2D eigenvalue weighted by molar-refractivity contribution is 6.32. The van der Waals surface area contributed by atoms with E-state index in [0.717, 1.165) is 21.8 Å². The second-order valence-corrected chi connectivity index (χ2v) is 5.94. The molecule has 0 saturated heterocycles. The van der Waals surface area contributed by atoms with Crippen molar-refractivity contribution in [3.8, 4) is 0 Å². The number of hydrogen-bond acceptors (Lipinski definition) is 3. The molecule has 1 aromatic heterocycles. The molecule has 0 atom stereocenters. The summed E-state index contributed by atoms with van der Waals surface area (Å²) in [7, 11) is 0. The van der Waals surface area contributed by atoms with Crippen LogP contribution < -0.4 is 0 Å². The lowest BCUT2D eigenvalue weighted by atomic mass is 9.82. The van der Waals surface area contributed by atoms with Crippen LogP contribution in [0.2, 0.25) is 0 Å². The Morgan fingerprint density at radius 3 is 2.17 bits per heavy atom. The van der Waals surface area contributed by atoms with Gasteiger partial charge in [0.1, 0.15) is 0 Å². The van der Waals surface area contributed by atoms with Crippen LogP contribution in [0.4, 0.5) is 0 Å². The van der Waals surface area contributed by atoms with Crippen LogP contribution in [-0.2, 0) is 0 Å². The second-order valence-electron chi connectivity index (χ2n) is 5.94. The Hall–Kier alpha value is -3.33. The van der Waals surface area contributed by atoms with Crippen molar-refractivity contribution in [2.24, 2.45) is 0 Å². The van der Waals surface area contributed by atoms with Gasteiger partial charge in [0.05, 0.1) is 11.0 Å². The summed E-state index contributed by atoms with van der Waals surface area (Å²) in [6.45, 7) is 0. The molecule has 4 aromatic rings. The molecule has 1 aliphatic carbocycles. The van der Waals surface area contributed by atoms with E-state index >= 15 is 0 Å². The van der Waals surface area contributed by atoms with Crippen molar-refractivity contribution in [2.75, 3.05) is 0 Å². The zero-order chi connectivity index (χ0) is 16.3. The van der Waals surface area contributed by atoms with Gasteiger partial charge in [0.2, 0.25) is 0 Å². The molecular formula is C21H11NO2. The number of carbonyl (C=O) groups excluding carboxylic acids is 2. The first-order valence-electron chi connectivity index (χ1n) is 7.75. The summed E-state index contributed by atoms with van der Waals surface area (Å²) in [6.07, 6.45) is 0. The van der Waals surface area contributed by atoms with Gasteiger partial charge in [-0.3, -0.25) is 9.59 Å². The summed E-state index contributed by atoms with van der Waals surface area (Å²) in [5.41, 5.74) is 3.48. The summed E-state index contributed by atoms with van der Waals surface area (Å²) in [5, 5.41) is 1.69. The molecule has 3 nitrogen and oxygen atoms in total. The molecule has 0 saturated carbocycles. The van der Waals surface area contributed by atoms with E-state index < -0.39 is 0 Å². The maximum absolute atomic E-state index is 13.0. The number of hydrogen-bond donors (Lipinski definition) is 0. The molecule has 1 heterocycles. The van der Waals surface area contributed by atoms with Crippen LogP contribution in [0.5, 0.6) is 0 Å². The van der Waals surface area contributed by atoms with Gasteiger partial charge in [-0.1, -0.05) is 42.5 Å². The highest BCUT2D eigenvalue weighted by Crippen LogP contribution is 2.33. The first kappa shape index (κ1) is 13.1. The third kappa shape index (κ3) is 1.64. The third-order valence-electron chi connectivity index (χ3n) is 4.59. The third-order valence-corrected chi connectivity index (χ3v) is 4.59. The van der Waals surface area contributed by atoms with E-state index in [1.807, 2.05) is 36.4 Å². The molecule has 0 unspecified atom stereocenters. The van der Waals surface area contributed by atoms with Crippen LogP contribution in [-0.4, -0.2) is 16.6 Å². The molecule has 0 fully saturated rings. The number of nitrogens with zero attached hydrogens (tertiary/aromatic N) is 1. The quantitative estimate of drug-likeness (QED) is 0.403. The number of ketones is 2. The highest BCUT2D eigenvalue weighted by Gasteiger charge is 2.30. The Morgan fingerprint density at radius 2 is 1.33 bits per heavy atom. The number of aromatic nitrogens is 1. The standard InChI is InChI=1S/C21H11NO2/c23-20-13-6-2-3-7-14(13)21(24)19-15(20)9-10-18-16(19)11-12-5-1-4-8-17(12)22-18/h1-11H. The van der Waals surface area contributed by atoms with Gasteiger partial charge in [0.25, 0.3) is 0 Å². The fraction of sp³-hybridized carbons (Fsp3) is 0. The normalized spacial score (nSPS) is 13.2. The Bertz CT molecular complexity index is 1190. The van der Waals surface area contributed by atoms with Gasteiger partial charge in [-0.2, -0.15) is 0 Å². The molecule has 0 aliphatic heterocycles. The molecule has 3 aromatic carbocycles. The van der Waals surface area contributed by atoms with E-state index in [-0.39, 0.29) is 11.6 Å². The SMILES string of the molecule is O=C1c2ccccc2C(=O)c2c1ccc1nc3ccccc3cc21. The number of para-hydroxylation sites is 1. The zero-order valence-electron chi connectivity index (χ0n) is 12.6. The first-order chi connectivity index (χ1) is 11.7. The maximum Gasteiger partial charge on any atom is 0.195 e. The Morgan fingerprint density at radius 1 is 0.625 bits per heavy atom. The molecule has 112 valence electrons. The van der Waals surface area contributed by atoms with E-state index in [0.29, 0.717) is 22.3 Å². The van der Waals surface area contributed by atoms with Crippen LogP contribution in [0.3, 0.4) is 0 Å². The fourth-order valence-corrected chi connectivity index (χ4v) is 3.44. The molecule has 1 aliphatic rings. The average molecular weight is 309 g/mol. The van der Waals surface area contributed by atoms with E-state index in [4.69, 9.17) is 0 Å². The van der Waals surface area contributed by atoms with Crippen molar-refractivity contribution in [1.29, 1.82) is 0 Å². The predicted molar refractivity (Wildman–Crippen MR) is 92.6 cm³/mol. The Kier molecular flexibility index (Phi) is 2.51. The van der Waals surface area contributed by atoms with Gasteiger partial charge in [0, 0.05) is 33.0 Å². The van der Waals surface area contributed by atoms with Gasteiger partial charge >= 0.3 is 0 Å². The molecular weight excluding hydrogens is 298 g/mol. The topological polar surface area (TPSA) is 47.0 Å². The Balaban J connectivity index is 1.91. The molecule has 0 radical (unpaired) electrons. The number of benzene rings is 3. The predicted octanol–water partition coefficient (Wildman–Crippen LogP) is 4.16. The minimum Gasteiger partial charge on any atom is -0.289 e. The summed E-state index contributed by atoms with van der Waals surface area (Å²) >= 11 is 0. The van der Waals surface area contributed by atoms with Crippen LogP contribution in [0.1, 0.15) is 31.8 Å². The van der Waals surface area contributed by atoms with Crippen molar-refractivity contribution in [2.45, 2.75) is 0 Å². The molecule has 0 spiro atoms. The fourth-order valence-electron chi connectivity index (χ4n) is 3.44. The van der Waals surface area contributed by atoms with Crippen molar-refractivity contribution in [1.82, 2.24) is 4.98 Å². The lowest BCUT2D eigenvalue weighted by Gasteiger charge is -2.19. The minimum absolute atomic E-state index is 0.102. The van der Waals surface area contributed by atoms with Gasteiger partial charge < -0.3 is 0 Å². The minimum atomic E-state index is -0.108. The maximum atomic E-state index is 13.0. The number of carbonyl (C=O) groups is 2. The van der Waals surface area contributed by atoms with Gasteiger partial charge in [-0.05, 0) is 24.3 Å². The van der Waals surface area contributed by atoms with E-state index in [1.165, 1.54) is 0 Å². The molecule has 5 rings (SSSR count). The monoisotopic (exact) mass is 309 g/mol. The molecule has 0 bridgehead atoms. The lowest BCUT2D eigenvalue weighted by molar-refractivity contribution is 0.0980. The molecule has 24 heavy (non-hydrogen) atoms. The van der Waals surface area contributed by atoms with Crippen LogP contribution >= 0.6 is 0 Å². The molecule has 0 amide bonds. The van der Waals surface area contributed by atoms with Crippen LogP contribution in [0.25, 0.3) is 21.8 Å². The summed E-state index contributed by atoms with van der Waals surface area (Å²) in [4.78, 5) is 30.4.